The van der Waals surface area contributed by atoms with Gasteiger partial charge in [0.1, 0.15) is 0 Å². The lowest BCUT2D eigenvalue weighted by molar-refractivity contribution is 0.0688. The molecule has 0 saturated heterocycles. The van der Waals surface area contributed by atoms with E-state index in [0.29, 0.717) is 41.4 Å². The van der Waals surface area contributed by atoms with Crippen LogP contribution in [0, 0.1) is 0 Å². The van der Waals surface area contributed by atoms with Gasteiger partial charge in [0.05, 0.1) is 18.8 Å². The molecule has 1 N–H and O–H groups in total. The minimum Gasteiger partial charge on any atom is -0.382 e. The summed E-state index contributed by atoms with van der Waals surface area (Å²) in [6.07, 6.45) is 0.765. The molecule has 0 aromatic heterocycles. The van der Waals surface area contributed by atoms with Gasteiger partial charge in [0.25, 0.3) is 5.91 Å². The number of benzene rings is 1. The van der Waals surface area contributed by atoms with Crippen LogP contribution in [0.1, 0.15) is 16.8 Å². The highest BCUT2D eigenvalue weighted by Crippen LogP contribution is 2.21. The summed E-state index contributed by atoms with van der Waals surface area (Å²) < 4.78 is 10.8. The minimum atomic E-state index is -0.125. The summed E-state index contributed by atoms with van der Waals surface area (Å²) in [5.74, 6) is -0.125. The first-order valence-electron chi connectivity index (χ1n) is 5.95. The first-order valence-corrected chi connectivity index (χ1v) is 7.12. The number of amides is 1. The SMILES string of the molecule is COCCOCCCNC(=O)c1ccc(Cl)cc1Br. The van der Waals surface area contributed by atoms with E-state index in [4.69, 9.17) is 21.1 Å². The number of hydrogen-bond donors (Lipinski definition) is 1. The molecule has 0 radical (unpaired) electrons. The Morgan fingerprint density at radius 2 is 2.16 bits per heavy atom. The van der Waals surface area contributed by atoms with Crippen LogP contribution in [0.3, 0.4) is 0 Å². The summed E-state index contributed by atoms with van der Waals surface area (Å²) in [4.78, 5) is 11.9. The first kappa shape index (κ1) is 16.4. The van der Waals surface area contributed by atoms with Crippen molar-refractivity contribution >= 4 is 33.4 Å². The molecule has 0 heterocycles. The highest BCUT2D eigenvalue weighted by atomic mass is 79.9. The maximum Gasteiger partial charge on any atom is 0.252 e. The van der Waals surface area contributed by atoms with Crippen LogP contribution in [0.2, 0.25) is 5.02 Å². The molecule has 0 bridgehead atoms. The molecule has 1 amide bonds. The fraction of sp³-hybridized carbons (Fsp3) is 0.462. The molecular formula is C13H17BrClNO3. The normalized spacial score (nSPS) is 10.5. The summed E-state index contributed by atoms with van der Waals surface area (Å²) in [7, 11) is 1.63. The molecule has 0 aliphatic carbocycles. The highest BCUT2D eigenvalue weighted by molar-refractivity contribution is 9.10. The van der Waals surface area contributed by atoms with E-state index in [1.165, 1.54) is 0 Å². The van der Waals surface area contributed by atoms with Crippen LogP contribution in [0.25, 0.3) is 0 Å². The lowest BCUT2D eigenvalue weighted by atomic mass is 10.2. The fourth-order valence-corrected chi connectivity index (χ4v) is 2.25. The third kappa shape index (κ3) is 6.38. The second-order valence-corrected chi connectivity index (χ2v) is 5.13. The predicted octanol–water partition coefficient (Wildman–Crippen LogP) is 2.89. The topological polar surface area (TPSA) is 47.6 Å². The number of ether oxygens (including phenoxy) is 2. The lowest BCUT2D eigenvalue weighted by Crippen LogP contribution is -2.25. The van der Waals surface area contributed by atoms with Crippen molar-refractivity contribution in [1.29, 1.82) is 0 Å². The Morgan fingerprint density at radius 1 is 1.37 bits per heavy atom. The molecule has 1 aromatic carbocycles. The Balaban J connectivity index is 2.24. The van der Waals surface area contributed by atoms with Gasteiger partial charge in [-0.15, -0.1) is 0 Å². The zero-order valence-corrected chi connectivity index (χ0v) is 13.1. The smallest absolute Gasteiger partial charge is 0.252 e. The summed E-state index contributed by atoms with van der Waals surface area (Å²) in [5, 5.41) is 3.42. The summed E-state index contributed by atoms with van der Waals surface area (Å²) in [6.45, 7) is 2.34. The van der Waals surface area contributed by atoms with Crippen LogP contribution in [-0.2, 0) is 9.47 Å². The number of methoxy groups -OCH3 is 1. The summed E-state index contributed by atoms with van der Waals surface area (Å²) >= 11 is 9.14. The molecule has 0 fully saturated rings. The van der Waals surface area contributed by atoms with Crippen LogP contribution >= 0.6 is 27.5 Å². The second kappa shape index (κ2) is 9.31. The fourth-order valence-electron chi connectivity index (χ4n) is 1.39. The first-order chi connectivity index (χ1) is 9.15. The van der Waals surface area contributed by atoms with E-state index in [-0.39, 0.29) is 5.91 Å². The van der Waals surface area contributed by atoms with Gasteiger partial charge in [0.15, 0.2) is 0 Å². The number of hydrogen-bond acceptors (Lipinski definition) is 3. The molecule has 106 valence electrons. The van der Waals surface area contributed by atoms with Crippen molar-refractivity contribution < 1.29 is 14.3 Å². The van der Waals surface area contributed by atoms with Gasteiger partial charge < -0.3 is 14.8 Å². The van der Waals surface area contributed by atoms with E-state index in [9.17, 15) is 4.79 Å². The van der Waals surface area contributed by atoms with Gasteiger partial charge in [0.2, 0.25) is 0 Å². The quantitative estimate of drug-likeness (QED) is 0.733. The average Bonchev–Trinajstić information content (AvgIpc) is 2.37. The minimum absolute atomic E-state index is 0.125. The number of carbonyl (C=O) groups is 1. The van der Waals surface area contributed by atoms with Crippen molar-refractivity contribution in [3.8, 4) is 0 Å². The van der Waals surface area contributed by atoms with Crippen molar-refractivity contribution in [1.82, 2.24) is 5.32 Å². The highest BCUT2D eigenvalue weighted by Gasteiger charge is 2.09. The molecule has 19 heavy (non-hydrogen) atoms. The van der Waals surface area contributed by atoms with E-state index < -0.39 is 0 Å². The molecule has 0 spiro atoms. The van der Waals surface area contributed by atoms with Crippen LogP contribution in [0.5, 0.6) is 0 Å². The van der Waals surface area contributed by atoms with Crippen LogP contribution in [0.15, 0.2) is 22.7 Å². The third-order valence-electron chi connectivity index (χ3n) is 2.36. The standard InChI is InChI=1S/C13H17BrClNO3/c1-18-7-8-19-6-2-5-16-13(17)11-4-3-10(15)9-12(11)14/h3-4,9H,2,5-8H2,1H3,(H,16,17). The van der Waals surface area contributed by atoms with Crippen molar-refractivity contribution in [2.24, 2.45) is 0 Å². The number of rotatable bonds is 8. The molecule has 6 heteroatoms. The van der Waals surface area contributed by atoms with Gasteiger partial charge >= 0.3 is 0 Å². The van der Waals surface area contributed by atoms with Crippen molar-refractivity contribution in [3.63, 3.8) is 0 Å². The summed E-state index contributed by atoms with van der Waals surface area (Å²) in [6, 6.07) is 5.08. The molecule has 1 aromatic rings. The van der Waals surface area contributed by atoms with Gasteiger partial charge in [-0.2, -0.15) is 0 Å². The third-order valence-corrected chi connectivity index (χ3v) is 3.25. The second-order valence-electron chi connectivity index (χ2n) is 3.84. The average molecular weight is 351 g/mol. The van der Waals surface area contributed by atoms with E-state index >= 15 is 0 Å². The van der Waals surface area contributed by atoms with Gasteiger partial charge in [-0.1, -0.05) is 11.6 Å². The molecule has 4 nitrogen and oxygen atoms in total. The van der Waals surface area contributed by atoms with Gasteiger partial charge in [-0.3, -0.25) is 4.79 Å². The van der Waals surface area contributed by atoms with Crippen LogP contribution < -0.4 is 5.32 Å². The molecule has 0 aliphatic rings. The molecule has 1 rings (SSSR count). The zero-order valence-electron chi connectivity index (χ0n) is 10.7. The van der Waals surface area contributed by atoms with E-state index in [2.05, 4.69) is 21.2 Å². The Hall–Kier alpha value is -0.620. The van der Waals surface area contributed by atoms with E-state index in [0.717, 1.165) is 6.42 Å². The Labute approximate surface area is 126 Å². The predicted molar refractivity (Wildman–Crippen MR) is 78.8 cm³/mol. The Kier molecular flexibility index (Phi) is 8.05. The largest absolute Gasteiger partial charge is 0.382 e. The van der Waals surface area contributed by atoms with Crippen molar-refractivity contribution in [3.05, 3.63) is 33.3 Å². The molecular weight excluding hydrogens is 334 g/mol. The molecule has 0 unspecified atom stereocenters. The lowest BCUT2D eigenvalue weighted by Gasteiger charge is -2.07. The van der Waals surface area contributed by atoms with Crippen LogP contribution in [0.4, 0.5) is 0 Å². The molecule has 0 atom stereocenters. The maximum absolute atomic E-state index is 11.9. The van der Waals surface area contributed by atoms with E-state index in [1.807, 2.05) is 0 Å². The Morgan fingerprint density at radius 3 is 2.84 bits per heavy atom. The molecule has 0 saturated carbocycles. The Bertz CT molecular complexity index is 415. The van der Waals surface area contributed by atoms with Crippen LogP contribution in [-0.4, -0.2) is 39.4 Å². The van der Waals surface area contributed by atoms with E-state index in [1.54, 1.807) is 25.3 Å². The molecule has 0 aliphatic heterocycles. The summed E-state index contributed by atoms with van der Waals surface area (Å²) in [5.41, 5.74) is 0.574. The number of carbonyl (C=O) groups excluding carboxylic acids is 1. The van der Waals surface area contributed by atoms with Gasteiger partial charge in [0, 0.05) is 29.8 Å². The number of halogens is 2. The van der Waals surface area contributed by atoms with Gasteiger partial charge in [-0.05, 0) is 40.5 Å². The number of nitrogens with one attached hydrogen (secondary N) is 1. The van der Waals surface area contributed by atoms with Crippen molar-refractivity contribution in [2.75, 3.05) is 33.5 Å². The maximum atomic E-state index is 11.9. The van der Waals surface area contributed by atoms with Crippen molar-refractivity contribution in [2.45, 2.75) is 6.42 Å². The monoisotopic (exact) mass is 349 g/mol. The van der Waals surface area contributed by atoms with Gasteiger partial charge in [-0.25, -0.2) is 0 Å². The zero-order chi connectivity index (χ0) is 14.1.